The molecule has 118 valence electrons. The van der Waals surface area contributed by atoms with Crippen molar-refractivity contribution in [2.75, 3.05) is 18.4 Å². The zero-order chi connectivity index (χ0) is 15.7. The number of carbonyl (C=O) groups excluding carboxylic acids is 1. The maximum absolute atomic E-state index is 12.2. The first-order valence-corrected chi connectivity index (χ1v) is 8.25. The molecule has 1 amide bonds. The lowest BCUT2D eigenvalue weighted by molar-refractivity contribution is 0.0946. The second-order valence-electron chi connectivity index (χ2n) is 5.69. The molecular weight excluding hydrogens is 260 g/mol. The first-order valence-electron chi connectivity index (χ1n) is 8.25. The summed E-state index contributed by atoms with van der Waals surface area (Å²) >= 11 is 0. The van der Waals surface area contributed by atoms with Crippen LogP contribution in [-0.2, 0) is 0 Å². The van der Waals surface area contributed by atoms with Gasteiger partial charge in [0.05, 0.1) is 0 Å². The first kappa shape index (κ1) is 17.5. The summed E-state index contributed by atoms with van der Waals surface area (Å²) in [5, 5.41) is 6.37. The fourth-order valence-corrected chi connectivity index (χ4v) is 2.48. The zero-order valence-corrected chi connectivity index (χ0v) is 14.0. The molecule has 1 rings (SSSR count). The lowest BCUT2D eigenvalue weighted by atomic mass is 9.99. The number of hydrogen-bond acceptors (Lipinski definition) is 2. The van der Waals surface area contributed by atoms with Crippen LogP contribution in [0.15, 0.2) is 18.2 Å². The maximum atomic E-state index is 12.2. The van der Waals surface area contributed by atoms with Crippen molar-refractivity contribution in [1.29, 1.82) is 0 Å². The Balaban J connectivity index is 2.57. The SMILES string of the molecule is CCCCC(CC)CNC(=O)c1ccc(NCC)c(C)c1. The van der Waals surface area contributed by atoms with Gasteiger partial charge in [-0.3, -0.25) is 4.79 Å². The van der Waals surface area contributed by atoms with Crippen LogP contribution in [0.5, 0.6) is 0 Å². The Morgan fingerprint density at radius 3 is 2.57 bits per heavy atom. The molecule has 21 heavy (non-hydrogen) atoms. The number of nitrogens with one attached hydrogen (secondary N) is 2. The second-order valence-corrected chi connectivity index (χ2v) is 5.69. The van der Waals surface area contributed by atoms with Gasteiger partial charge in [0.2, 0.25) is 0 Å². The van der Waals surface area contributed by atoms with Gasteiger partial charge in [-0.15, -0.1) is 0 Å². The van der Waals surface area contributed by atoms with E-state index in [0.29, 0.717) is 5.92 Å². The van der Waals surface area contributed by atoms with Crippen molar-refractivity contribution in [2.24, 2.45) is 5.92 Å². The molecule has 1 aromatic carbocycles. The van der Waals surface area contributed by atoms with Gasteiger partial charge < -0.3 is 10.6 Å². The molecular formula is C18H30N2O. The number of benzene rings is 1. The molecule has 0 saturated carbocycles. The number of rotatable bonds is 9. The van der Waals surface area contributed by atoms with Crippen molar-refractivity contribution in [1.82, 2.24) is 5.32 Å². The predicted octanol–water partition coefficient (Wildman–Crippen LogP) is 4.37. The van der Waals surface area contributed by atoms with Crippen LogP contribution in [0.1, 0.15) is 62.4 Å². The minimum Gasteiger partial charge on any atom is -0.385 e. The Labute approximate surface area is 129 Å². The summed E-state index contributed by atoms with van der Waals surface area (Å²) in [6, 6.07) is 5.84. The fourth-order valence-electron chi connectivity index (χ4n) is 2.48. The van der Waals surface area contributed by atoms with Gasteiger partial charge in [0, 0.05) is 24.3 Å². The Bertz CT molecular complexity index is 443. The third-order valence-corrected chi connectivity index (χ3v) is 3.95. The minimum atomic E-state index is 0.0381. The van der Waals surface area contributed by atoms with Crippen molar-refractivity contribution in [3.05, 3.63) is 29.3 Å². The van der Waals surface area contributed by atoms with E-state index in [4.69, 9.17) is 0 Å². The Morgan fingerprint density at radius 2 is 2.00 bits per heavy atom. The van der Waals surface area contributed by atoms with Gasteiger partial charge >= 0.3 is 0 Å². The van der Waals surface area contributed by atoms with E-state index in [2.05, 4.69) is 31.4 Å². The molecule has 0 heterocycles. The van der Waals surface area contributed by atoms with E-state index >= 15 is 0 Å². The highest BCUT2D eigenvalue weighted by molar-refractivity contribution is 5.94. The van der Waals surface area contributed by atoms with E-state index in [1.54, 1.807) is 0 Å². The van der Waals surface area contributed by atoms with Gasteiger partial charge in [-0.2, -0.15) is 0 Å². The smallest absolute Gasteiger partial charge is 0.251 e. The van der Waals surface area contributed by atoms with E-state index in [0.717, 1.165) is 36.3 Å². The van der Waals surface area contributed by atoms with Gasteiger partial charge in [-0.1, -0.05) is 33.1 Å². The van der Waals surface area contributed by atoms with Crippen LogP contribution < -0.4 is 10.6 Å². The highest BCUT2D eigenvalue weighted by Crippen LogP contribution is 2.17. The van der Waals surface area contributed by atoms with Gasteiger partial charge in [-0.05, 0) is 49.9 Å². The highest BCUT2D eigenvalue weighted by atomic mass is 16.1. The van der Waals surface area contributed by atoms with Crippen LogP contribution in [0.3, 0.4) is 0 Å². The van der Waals surface area contributed by atoms with E-state index in [1.165, 1.54) is 19.3 Å². The molecule has 0 aliphatic rings. The Morgan fingerprint density at radius 1 is 1.24 bits per heavy atom. The van der Waals surface area contributed by atoms with Gasteiger partial charge in [0.1, 0.15) is 0 Å². The van der Waals surface area contributed by atoms with Crippen molar-refractivity contribution in [3.8, 4) is 0 Å². The molecule has 0 saturated heterocycles. The molecule has 1 unspecified atom stereocenters. The number of amides is 1. The Hall–Kier alpha value is -1.51. The van der Waals surface area contributed by atoms with Crippen LogP contribution in [0.25, 0.3) is 0 Å². The summed E-state index contributed by atoms with van der Waals surface area (Å²) in [4.78, 5) is 12.2. The van der Waals surface area contributed by atoms with E-state index < -0.39 is 0 Å². The molecule has 1 aromatic rings. The highest BCUT2D eigenvalue weighted by Gasteiger charge is 2.11. The van der Waals surface area contributed by atoms with Gasteiger partial charge in [0.15, 0.2) is 0 Å². The van der Waals surface area contributed by atoms with Crippen molar-refractivity contribution < 1.29 is 4.79 Å². The Kier molecular flexibility index (Phi) is 7.88. The summed E-state index contributed by atoms with van der Waals surface area (Å²) in [5.74, 6) is 0.632. The van der Waals surface area contributed by atoms with Crippen LogP contribution in [0.4, 0.5) is 5.69 Å². The molecule has 0 aromatic heterocycles. The van der Waals surface area contributed by atoms with Crippen molar-refractivity contribution in [3.63, 3.8) is 0 Å². The number of anilines is 1. The third-order valence-electron chi connectivity index (χ3n) is 3.95. The molecule has 1 atom stereocenters. The molecule has 0 fully saturated rings. The zero-order valence-electron chi connectivity index (χ0n) is 14.0. The largest absolute Gasteiger partial charge is 0.385 e. The van der Waals surface area contributed by atoms with Crippen LogP contribution in [0, 0.1) is 12.8 Å². The summed E-state index contributed by atoms with van der Waals surface area (Å²) in [7, 11) is 0. The summed E-state index contributed by atoms with van der Waals surface area (Å²) < 4.78 is 0. The summed E-state index contributed by atoms with van der Waals surface area (Å²) in [6.45, 7) is 10.2. The molecule has 0 bridgehead atoms. The molecule has 0 aliphatic carbocycles. The van der Waals surface area contributed by atoms with Crippen molar-refractivity contribution >= 4 is 11.6 Å². The molecule has 0 spiro atoms. The van der Waals surface area contributed by atoms with E-state index in [-0.39, 0.29) is 5.91 Å². The van der Waals surface area contributed by atoms with Gasteiger partial charge in [-0.25, -0.2) is 0 Å². The number of unbranched alkanes of at least 4 members (excludes halogenated alkanes) is 1. The lowest BCUT2D eigenvalue weighted by Crippen LogP contribution is -2.29. The minimum absolute atomic E-state index is 0.0381. The quantitative estimate of drug-likeness (QED) is 0.709. The number of aryl methyl sites for hydroxylation is 1. The van der Waals surface area contributed by atoms with Crippen LogP contribution in [-0.4, -0.2) is 19.0 Å². The normalized spacial score (nSPS) is 12.0. The monoisotopic (exact) mass is 290 g/mol. The second kappa shape index (κ2) is 9.43. The molecule has 3 nitrogen and oxygen atoms in total. The topological polar surface area (TPSA) is 41.1 Å². The first-order chi connectivity index (χ1) is 10.1. The van der Waals surface area contributed by atoms with Crippen LogP contribution in [0.2, 0.25) is 0 Å². The van der Waals surface area contributed by atoms with Crippen LogP contribution >= 0.6 is 0 Å². The van der Waals surface area contributed by atoms with Gasteiger partial charge in [0.25, 0.3) is 5.91 Å². The lowest BCUT2D eigenvalue weighted by Gasteiger charge is -2.16. The molecule has 0 aliphatic heterocycles. The summed E-state index contributed by atoms with van der Waals surface area (Å²) in [5.41, 5.74) is 2.96. The number of carbonyl (C=O) groups is 1. The summed E-state index contributed by atoms with van der Waals surface area (Å²) in [6.07, 6.45) is 4.78. The number of hydrogen-bond donors (Lipinski definition) is 2. The van der Waals surface area contributed by atoms with E-state index in [9.17, 15) is 4.79 Å². The molecule has 0 radical (unpaired) electrons. The standard InChI is InChI=1S/C18H30N2O/c1-5-8-9-15(6-2)13-20-18(21)16-10-11-17(19-7-3)14(4)12-16/h10-12,15,19H,5-9,13H2,1-4H3,(H,20,21). The fraction of sp³-hybridized carbons (Fsp3) is 0.611. The van der Waals surface area contributed by atoms with E-state index in [1.807, 2.05) is 25.1 Å². The molecule has 2 N–H and O–H groups in total. The molecule has 3 heteroatoms. The maximum Gasteiger partial charge on any atom is 0.251 e. The third kappa shape index (κ3) is 5.78. The average Bonchev–Trinajstić information content (AvgIpc) is 2.49. The predicted molar refractivity (Wildman–Crippen MR) is 91.0 cm³/mol. The average molecular weight is 290 g/mol. The van der Waals surface area contributed by atoms with Crippen molar-refractivity contribution in [2.45, 2.75) is 53.4 Å².